The summed E-state index contributed by atoms with van der Waals surface area (Å²) in [5, 5.41) is 13.3. The lowest BCUT2D eigenvalue weighted by Crippen LogP contribution is -2.11. The first-order chi connectivity index (χ1) is 8.97. The van der Waals surface area contributed by atoms with Crippen LogP contribution in [0.15, 0.2) is 30.3 Å². The number of hydrogen-bond donors (Lipinski definition) is 1. The molecule has 2 rings (SSSR count). The fourth-order valence-corrected chi connectivity index (χ4v) is 2.32. The van der Waals surface area contributed by atoms with Crippen molar-refractivity contribution in [1.82, 2.24) is 0 Å². The summed E-state index contributed by atoms with van der Waals surface area (Å²) in [5.41, 5.74) is 2.71. The van der Waals surface area contributed by atoms with E-state index in [-0.39, 0.29) is 10.9 Å². The number of thiophene rings is 1. The third-order valence-corrected chi connectivity index (χ3v) is 3.67. The maximum absolute atomic E-state index is 12.0. The minimum atomic E-state index is -0.501. The van der Waals surface area contributed by atoms with Crippen molar-refractivity contribution < 1.29 is 9.72 Å². The highest BCUT2D eigenvalue weighted by Gasteiger charge is 2.15. The minimum absolute atomic E-state index is 0.0360. The van der Waals surface area contributed by atoms with Crippen LogP contribution in [-0.2, 0) is 0 Å². The first kappa shape index (κ1) is 13.2. The number of benzene rings is 1. The van der Waals surface area contributed by atoms with Gasteiger partial charge in [0.05, 0.1) is 9.80 Å². The lowest BCUT2D eigenvalue weighted by molar-refractivity contribution is -0.380. The Morgan fingerprint density at radius 1 is 1.26 bits per heavy atom. The number of nitro groups is 1. The molecule has 0 spiro atoms. The molecule has 0 aliphatic carbocycles. The van der Waals surface area contributed by atoms with E-state index < -0.39 is 4.92 Å². The molecule has 0 fully saturated rings. The van der Waals surface area contributed by atoms with E-state index in [4.69, 9.17) is 0 Å². The Labute approximate surface area is 114 Å². The molecule has 2 aromatic rings. The van der Waals surface area contributed by atoms with Crippen LogP contribution in [0, 0.1) is 24.0 Å². The summed E-state index contributed by atoms with van der Waals surface area (Å²) >= 11 is 0.867. The SMILES string of the molecule is Cc1ccc(C)c(NC(=O)c2ccc([N+](=O)[O-])s2)c1. The third-order valence-electron chi connectivity index (χ3n) is 2.64. The number of carbonyl (C=O) groups is 1. The van der Waals surface area contributed by atoms with Gasteiger partial charge in [-0.3, -0.25) is 14.9 Å². The maximum atomic E-state index is 12.0. The van der Waals surface area contributed by atoms with Crippen molar-refractivity contribution in [3.63, 3.8) is 0 Å². The van der Waals surface area contributed by atoms with Crippen molar-refractivity contribution in [1.29, 1.82) is 0 Å². The molecule has 1 aromatic carbocycles. The summed E-state index contributed by atoms with van der Waals surface area (Å²) in [4.78, 5) is 22.4. The monoisotopic (exact) mass is 276 g/mol. The molecule has 0 saturated carbocycles. The van der Waals surface area contributed by atoms with Crippen molar-refractivity contribution in [2.24, 2.45) is 0 Å². The minimum Gasteiger partial charge on any atom is -0.321 e. The highest BCUT2D eigenvalue weighted by Crippen LogP contribution is 2.25. The molecule has 0 bridgehead atoms. The van der Waals surface area contributed by atoms with E-state index in [1.807, 2.05) is 32.0 Å². The molecule has 1 amide bonds. The molecule has 1 N–H and O–H groups in total. The van der Waals surface area contributed by atoms with Gasteiger partial charge in [-0.05, 0) is 37.1 Å². The molecule has 1 aromatic heterocycles. The van der Waals surface area contributed by atoms with Gasteiger partial charge in [-0.2, -0.15) is 0 Å². The van der Waals surface area contributed by atoms with Crippen molar-refractivity contribution in [3.05, 3.63) is 56.5 Å². The second kappa shape index (κ2) is 5.19. The van der Waals surface area contributed by atoms with E-state index in [0.29, 0.717) is 4.88 Å². The van der Waals surface area contributed by atoms with Crippen LogP contribution >= 0.6 is 11.3 Å². The van der Waals surface area contributed by atoms with E-state index in [9.17, 15) is 14.9 Å². The van der Waals surface area contributed by atoms with E-state index in [1.54, 1.807) is 0 Å². The van der Waals surface area contributed by atoms with Crippen LogP contribution in [0.25, 0.3) is 0 Å². The lowest BCUT2D eigenvalue weighted by atomic mass is 10.1. The van der Waals surface area contributed by atoms with Crippen LogP contribution in [-0.4, -0.2) is 10.8 Å². The predicted octanol–water partition coefficient (Wildman–Crippen LogP) is 3.53. The second-order valence-electron chi connectivity index (χ2n) is 4.17. The number of carbonyl (C=O) groups excluding carboxylic acids is 1. The van der Waals surface area contributed by atoms with E-state index in [1.165, 1.54) is 12.1 Å². The van der Waals surface area contributed by atoms with Crippen LogP contribution in [0.1, 0.15) is 20.8 Å². The molecule has 0 radical (unpaired) electrons. The van der Waals surface area contributed by atoms with Gasteiger partial charge in [0.15, 0.2) is 0 Å². The Balaban J connectivity index is 2.20. The van der Waals surface area contributed by atoms with Crippen LogP contribution in [0.4, 0.5) is 10.7 Å². The van der Waals surface area contributed by atoms with Gasteiger partial charge < -0.3 is 5.32 Å². The van der Waals surface area contributed by atoms with Gasteiger partial charge in [0.2, 0.25) is 0 Å². The normalized spacial score (nSPS) is 10.2. The number of amides is 1. The van der Waals surface area contributed by atoms with E-state index >= 15 is 0 Å². The van der Waals surface area contributed by atoms with Gasteiger partial charge in [0.25, 0.3) is 5.91 Å². The van der Waals surface area contributed by atoms with Crippen molar-refractivity contribution >= 4 is 27.9 Å². The van der Waals surface area contributed by atoms with Crippen molar-refractivity contribution in [3.8, 4) is 0 Å². The quantitative estimate of drug-likeness (QED) is 0.688. The summed E-state index contributed by atoms with van der Waals surface area (Å²) in [5.74, 6) is -0.327. The fraction of sp³-hybridized carbons (Fsp3) is 0.154. The topological polar surface area (TPSA) is 72.2 Å². The smallest absolute Gasteiger partial charge is 0.321 e. The molecular formula is C13H12N2O3S. The molecule has 1 heterocycles. The number of nitrogens with one attached hydrogen (secondary N) is 1. The molecule has 98 valence electrons. The average Bonchev–Trinajstić information content (AvgIpc) is 2.83. The number of nitrogens with zero attached hydrogens (tertiary/aromatic N) is 1. The van der Waals surface area contributed by atoms with Crippen molar-refractivity contribution in [2.75, 3.05) is 5.32 Å². The summed E-state index contributed by atoms with van der Waals surface area (Å²) < 4.78 is 0. The molecule has 0 aliphatic rings. The Kier molecular flexibility index (Phi) is 3.62. The van der Waals surface area contributed by atoms with Crippen molar-refractivity contribution in [2.45, 2.75) is 13.8 Å². The van der Waals surface area contributed by atoms with Gasteiger partial charge in [0, 0.05) is 11.8 Å². The zero-order chi connectivity index (χ0) is 14.0. The van der Waals surface area contributed by atoms with Gasteiger partial charge in [-0.15, -0.1) is 0 Å². The van der Waals surface area contributed by atoms with E-state index in [2.05, 4.69) is 5.32 Å². The van der Waals surface area contributed by atoms with E-state index in [0.717, 1.165) is 28.2 Å². The highest BCUT2D eigenvalue weighted by molar-refractivity contribution is 7.17. The first-order valence-electron chi connectivity index (χ1n) is 5.60. The van der Waals surface area contributed by atoms with Gasteiger partial charge in [-0.25, -0.2) is 0 Å². The fourth-order valence-electron chi connectivity index (χ4n) is 1.60. The summed E-state index contributed by atoms with van der Waals surface area (Å²) in [7, 11) is 0. The van der Waals surface area contributed by atoms with Gasteiger partial charge in [-0.1, -0.05) is 23.5 Å². The number of hydrogen-bond acceptors (Lipinski definition) is 4. The molecule has 0 unspecified atom stereocenters. The summed E-state index contributed by atoms with van der Waals surface area (Å²) in [6.07, 6.45) is 0. The molecule has 5 nitrogen and oxygen atoms in total. The molecule has 6 heteroatoms. The average molecular weight is 276 g/mol. The Morgan fingerprint density at radius 3 is 2.63 bits per heavy atom. The number of anilines is 1. The standard InChI is InChI=1S/C13H12N2O3S/c1-8-3-4-9(2)10(7-8)14-13(16)11-5-6-12(19-11)15(17)18/h3-7H,1-2H3,(H,14,16). The van der Waals surface area contributed by atoms with Crippen LogP contribution in [0.5, 0.6) is 0 Å². The highest BCUT2D eigenvalue weighted by atomic mass is 32.1. The Hall–Kier alpha value is -2.21. The zero-order valence-electron chi connectivity index (χ0n) is 10.5. The van der Waals surface area contributed by atoms with Gasteiger partial charge in [0.1, 0.15) is 0 Å². The molecule has 0 aliphatic heterocycles. The van der Waals surface area contributed by atoms with Crippen LogP contribution in [0.3, 0.4) is 0 Å². The lowest BCUT2D eigenvalue weighted by Gasteiger charge is -2.08. The predicted molar refractivity (Wildman–Crippen MR) is 74.8 cm³/mol. The maximum Gasteiger partial charge on any atom is 0.324 e. The largest absolute Gasteiger partial charge is 0.324 e. The number of aryl methyl sites for hydroxylation is 2. The molecule has 0 saturated heterocycles. The zero-order valence-corrected chi connectivity index (χ0v) is 11.3. The first-order valence-corrected chi connectivity index (χ1v) is 6.42. The summed E-state index contributed by atoms with van der Waals surface area (Å²) in [6.45, 7) is 3.83. The Bertz CT molecular complexity index is 649. The number of rotatable bonds is 3. The van der Waals surface area contributed by atoms with Gasteiger partial charge >= 0.3 is 5.00 Å². The molecule has 0 atom stereocenters. The molecule has 19 heavy (non-hydrogen) atoms. The summed E-state index contributed by atoms with van der Waals surface area (Å²) in [6, 6.07) is 8.55. The van der Waals surface area contributed by atoms with Crippen LogP contribution in [0.2, 0.25) is 0 Å². The molecular weight excluding hydrogens is 264 g/mol. The second-order valence-corrected chi connectivity index (χ2v) is 5.23. The Morgan fingerprint density at radius 2 is 2.00 bits per heavy atom. The van der Waals surface area contributed by atoms with Crippen LogP contribution < -0.4 is 5.32 Å². The third kappa shape index (κ3) is 2.97.